The van der Waals surface area contributed by atoms with E-state index in [1.165, 1.54) is 58.0 Å². The Kier molecular flexibility index (Phi) is 4.74. The van der Waals surface area contributed by atoms with E-state index < -0.39 is 0 Å². The quantitative estimate of drug-likeness (QED) is 0.770. The Morgan fingerprint density at radius 3 is 2.15 bits per heavy atom. The van der Waals surface area contributed by atoms with Crippen molar-refractivity contribution < 1.29 is 9.53 Å². The first-order chi connectivity index (χ1) is 12.8. The SMILES string of the molecule is O=C(C1CC12CCN(C1CCCOC1)CC2)N1CCN(C2CCC2)CC1. The van der Waals surface area contributed by atoms with Gasteiger partial charge in [0.1, 0.15) is 0 Å². The first-order valence-electron chi connectivity index (χ1n) is 11.1. The molecule has 146 valence electrons. The summed E-state index contributed by atoms with van der Waals surface area (Å²) in [4.78, 5) is 20.5. The van der Waals surface area contributed by atoms with E-state index in [0.717, 1.165) is 51.9 Å². The van der Waals surface area contributed by atoms with E-state index in [0.29, 0.717) is 23.3 Å². The molecule has 0 aromatic heterocycles. The fourth-order valence-electron chi connectivity index (χ4n) is 5.88. The number of amides is 1. The number of nitrogens with zero attached hydrogens (tertiary/aromatic N) is 3. The average molecular weight is 362 g/mol. The van der Waals surface area contributed by atoms with E-state index in [2.05, 4.69) is 14.7 Å². The van der Waals surface area contributed by atoms with Crippen molar-refractivity contribution in [2.45, 2.75) is 63.5 Å². The zero-order valence-corrected chi connectivity index (χ0v) is 16.2. The summed E-state index contributed by atoms with van der Waals surface area (Å²) in [6.07, 6.45) is 10.3. The molecule has 26 heavy (non-hydrogen) atoms. The van der Waals surface area contributed by atoms with E-state index in [-0.39, 0.29) is 0 Å². The minimum atomic E-state index is 0.336. The van der Waals surface area contributed by atoms with Crippen molar-refractivity contribution in [1.82, 2.24) is 14.7 Å². The van der Waals surface area contributed by atoms with Crippen LogP contribution in [0.4, 0.5) is 0 Å². The van der Waals surface area contributed by atoms with Crippen LogP contribution in [0.3, 0.4) is 0 Å². The summed E-state index contributed by atoms with van der Waals surface area (Å²) in [5.41, 5.74) is 0.355. The van der Waals surface area contributed by atoms with Crippen LogP contribution in [0.15, 0.2) is 0 Å². The van der Waals surface area contributed by atoms with Crippen LogP contribution in [-0.2, 0) is 9.53 Å². The Labute approximate surface area is 158 Å². The number of rotatable bonds is 3. The molecule has 2 saturated carbocycles. The lowest BCUT2D eigenvalue weighted by atomic mass is 9.89. The molecule has 1 amide bonds. The van der Waals surface area contributed by atoms with Crippen LogP contribution in [-0.4, -0.2) is 85.2 Å². The molecule has 0 aromatic carbocycles. The van der Waals surface area contributed by atoms with E-state index in [1.807, 2.05) is 0 Å². The van der Waals surface area contributed by atoms with Gasteiger partial charge in [0.15, 0.2) is 0 Å². The summed E-state index contributed by atoms with van der Waals surface area (Å²) in [5.74, 6) is 0.815. The summed E-state index contributed by atoms with van der Waals surface area (Å²) >= 11 is 0. The van der Waals surface area contributed by atoms with Gasteiger partial charge in [-0.3, -0.25) is 14.6 Å². The zero-order valence-electron chi connectivity index (χ0n) is 16.2. The number of hydrogen-bond acceptors (Lipinski definition) is 4. The van der Waals surface area contributed by atoms with Crippen molar-refractivity contribution in [3.8, 4) is 0 Å². The molecule has 2 unspecified atom stereocenters. The maximum atomic E-state index is 13.1. The van der Waals surface area contributed by atoms with Gasteiger partial charge in [-0.25, -0.2) is 0 Å². The molecular weight excluding hydrogens is 326 g/mol. The molecule has 3 aliphatic heterocycles. The van der Waals surface area contributed by atoms with Crippen molar-refractivity contribution in [1.29, 1.82) is 0 Å². The fraction of sp³-hybridized carbons (Fsp3) is 0.952. The number of carbonyl (C=O) groups is 1. The van der Waals surface area contributed by atoms with Gasteiger partial charge in [0.25, 0.3) is 0 Å². The standard InChI is InChI=1S/C21H35N3O2/c25-20(24-12-10-23(11-13-24)17-3-1-4-17)19-15-21(19)6-8-22(9-7-21)18-5-2-14-26-16-18/h17-19H,1-16H2. The highest BCUT2D eigenvalue weighted by Gasteiger charge is 2.59. The van der Waals surface area contributed by atoms with Crippen LogP contribution in [0.1, 0.15) is 51.4 Å². The maximum Gasteiger partial charge on any atom is 0.226 e. The van der Waals surface area contributed by atoms with E-state index >= 15 is 0 Å². The molecular formula is C21H35N3O2. The Morgan fingerprint density at radius 2 is 1.54 bits per heavy atom. The van der Waals surface area contributed by atoms with Crippen molar-refractivity contribution in [2.24, 2.45) is 11.3 Å². The first kappa shape index (κ1) is 17.4. The number of carbonyl (C=O) groups excluding carboxylic acids is 1. The number of ether oxygens (including phenoxy) is 1. The van der Waals surface area contributed by atoms with Crippen LogP contribution < -0.4 is 0 Å². The Balaban J connectivity index is 1.10. The molecule has 5 nitrogen and oxygen atoms in total. The van der Waals surface area contributed by atoms with Crippen LogP contribution in [0.2, 0.25) is 0 Å². The highest BCUT2D eigenvalue weighted by Crippen LogP contribution is 2.60. The summed E-state index contributed by atoms with van der Waals surface area (Å²) in [5, 5.41) is 0. The highest BCUT2D eigenvalue weighted by molar-refractivity contribution is 5.83. The number of piperidine rings is 1. The second-order valence-electron chi connectivity index (χ2n) is 9.47. The van der Waals surface area contributed by atoms with Crippen molar-refractivity contribution >= 4 is 5.91 Å². The lowest BCUT2D eigenvalue weighted by Crippen LogP contribution is -2.54. The Hall–Kier alpha value is -0.650. The highest BCUT2D eigenvalue weighted by atomic mass is 16.5. The number of hydrogen-bond donors (Lipinski definition) is 0. The minimum Gasteiger partial charge on any atom is -0.380 e. The molecule has 0 bridgehead atoms. The molecule has 2 atom stereocenters. The van der Waals surface area contributed by atoms with Gasteiger partial charge in [0, 0.05) is 50.8 Å². The van der Waals surface area contributed by atoms with Gasteiger partial charge in [-0.1, -0.05) is 6.42 Å². The third-order valence-electron chi connectivity index (χ3n) is 8.15. The molecule has 3 saturated heterocycles. The first-order valence-corrected chi connectivity index (χ1v) is 11.1. The fourth-order valence-corrected chi connectivity index (χ4v) is 5.88. The van der Waals surface area contributed by atoms with Gasteiger partial charge in [-0.15, -0.1) is 0 Å². The Morgan fingerprint density at radius 1 is 0.846 bits per heavy atom. The summed E-state index contributed by atoms with van der Waals surface area (Å²) in [7, 11) is 0. The second-order valence-corrected chi connectivity index (χ2v) is 9.47. The lowest BCUT2D eigenvalue weighted by molar-refractivity contribution is -0.136. The maximum absolute atomic E-state index is 13.1. The molecule has 5 aliphatic rings. The molecule has 5 rings (SSSR count). The third-order valence-corrected chi connectivity index (χ3v) is 8.15. The molecule has 5 heteroatoms. The summed E-state index contributed by atoms with van der Waals surface area (Å²) in [6.45, 7) is 8.35. The van der Waals surface area contributed by atoms with Gasteiger partial charge in [-0.2, -0.15) is 0 Å². The predicted molar refractivity (Wildman–Crippen MR) is 101 cm³/mol. The molecule has 2 aliphatic carbocycles. The van der Waals surface area contributed by atoms with Gasteiger partial charge in [-0.05, 0) is 63.5 Å². The largest absolute Gasteiger partial charge is 0.380 e. The smallest absolute Gasteiger partial charge is 0.226 e. The second kappa shape index (κ2) is 7.06. The normalized spacial score (nSPS) is 36.1. The zero-order chi connectivity index (χ0) is 17.6. The Bertz CT molecular complexity index is 513. The van der Waals surface area contributed by atoms with Crippen LogP contribution >= 0.6 is 0 Å². The van der Waals surface area contributed by atoms with Gasteiger partial charge in [0.2, 0.25) is 5.91 Å². The van der Waals surface area contributed by atoms with Crippen LogP contribution in [0.5, 0.6) is 0 Å². The van der Waals surface area contributed by atoms with Crippen LogP contribution in [0.25, 0.3) is 0 Å². The summed E-state index contributed by atoms with van der Waals surface area (Å²) in [6, 6.07) is 1.46. The minimum absolute atomic E-state index is 0.336. The van der Waals surface area contributed by atoms with Crippen molar-refractivity contribution in [2.75, 3.05) is 52.5 Å². The third kappa shape index (κ3) is 3.20. The van der Waals surface area contributed by atoms with Gasteiger partial charge < -0.3 is 9.64 Å². The number of piperazine rings is 1. The van der Waals surface area contributed by atoms with E-state index in [4.69, 9.17) is 4.74 Å². The monoisotopic (exact) mass is 361 g/mol. The molecule has 0 aromatic rings. The van der Waals surface area contributed by atoms with E-state index in [1.54, 1.807) is 0 Å². The van der Waals surface area contributed by atoms with Crippen molar-refractivity contribution in [3.63, 3.8) is 0 Å². The molecule has 1 spiro atoms. The molecule has 5 fully saturated rings. The molecule has 0 radical (unpaired) electrons. The van der Waals surface area contributed by atoms with E-state index in [9.17, 15) is 4.79 Å². The molecule has 0 N–H and O–H groups in total. The summed E-state index contributed by atoms with van der Waals surface area (Å²) < 4.78 is 5.67. The van der Waals surface area contributed by atoms with Gasteiger partial charge >= 0.3 is 0 Å². The van der Waals surface area contributed by atoms with Gasteiger partial charge in [0.05, 0.1) is 6.61 Å². The number of likely N-dealkylation sites (tertiary alicyclic amines) is 1. The molecule has 3 heterocycles. The van der Waals surface area contributed by atoms with Crippen LogP contribution in [0, 0.1) is 11.3 Å². The topological polar surface area (TPSA) is 36.0 Å². The lowest BCUT2D eigenvalue weighted by Gasteiger charge is -2.43. The predicted octanol–water partition coefficient (Wildman–Crippen LogP) is 1.96. The average Bonchev–Trinajstić information content (AvgIpc) is 3.35. The van der Waals surface area contributed by atoms with Crippen molar-refractivity contribution in [3.05, 3.63) is 0 Å².